The molecule has 7 nitrogen and oxygen atoms in total. The summed E-state index contributed by atoms with van der Waals surface area (Å²) in [5, 5.41) is 25.5. The van der Waals surface area contributed by atoms with Crippen LogP contribution in [0.3, 0.4) is 0 Å². The van der Waals surface area contributed by atoms with Crippen molar-refractivity contribution < 1.29 is 30.4 Å². The fraction of sp³-hybridized carbons (Fsp3) is 0.667. The highest BCUT2D eigenvalue weighted by Gasteiger charge is 2.17. The molecule has 5 N–H and O–H groups in total. The summed E-state index contributed by atoms with van der Waals surface area (Å²) in [5.41, 5.74) is 0. The van der Waals surface area contributed by atoms with E-state index in [-0.39, 0.29) is 5.48 Å². The van der Waals surface area contributed by atoms with Gasteiger partial charge in [-0.1, -0.05) is 0 Å². The van der Waals surface area contributed by atoms with Gasteiger partial charge in [-0.15, -0.1) is 0 Å². The van der Waals surface area contributed by atoms with Crippen LogP contribution in [0.1, 0.15) is 6.92 Å². The van der Waals surface area contributed by atoms with Crippen molar-refractivity contribution in [1.29, 1.82) is 0 Å². The Labute approximate surface area is 74.5 Å². The van der Waals surface area contributed by atoms with E-state index in [1.54, 1.807) is 0 Å². The lowest BCUT2D eigenvalue weighted by Crippen LogP contribution is -2.40. The molecule has 0 fully saturated rings. The zero-order valence-corrected chi connectivity index (χ0v) is 7.10. The molecule has 7 heteroatoms. The summed E-state index contributed by atoms with van der Waals surface area (Å²) >= 11 is 0. The van der Waals surface area contributed by atoms with Gasteiger partial charge in [0.05, 0.1) is 13.1 Å². The molecular weight excluding hydrogens is 182 g/mol. The number of carboxylic acid groups (broad SMARTS) is 2. The Balaban J connectivity index is 0. The summed E-state index contributed by atoms with van der Waals surface area (Å²) in [6.07, 6.45) is -1.07. The molecule has 0 aromatic carbocycles. The van der Waals surface area contributed by atoms with Crippen molar-refractivity contribution in [3.05, 3.63) is 0 Å². The summed E-state index contributed by atoms with van der Waals surface area (Å²) in [7, 11) is 0. The maximum atomic E-state index is 10.1. The number of hydrogen-bond acceptors (Lipinski definition) is 4. The van der Waals surface area contributed by atoms with Crippen LogP contribution in [0.15, 0.2) is 0 Å². The molecule has 0 aromatic heterocycles. The fourth-order valence-electron chi connectivity index (χ4n) is 0.668. The molecule has 0 aliphatic heterocycles. The van der Waals surface area contributed by atoms with Gasteiger partial charge >= 0.3 is 11.9 Å². The van der Waals surface area contributed by atoms with Crippen molar-refractivity contribution in [1.82, 2.24) is 4.90 Å². The molecule has 0 saturated heterocycles. The molecule has 0 aliphatic carbocycles. The van der Waals surface area contributed by atoms with E-state index in [1.807, 2.05) is 0 Å². The van der Waals surface area contributed by atoms with E-state index in [2.05, 4.69) is 0 Å². The van der Waals surface area contributed by atoms with Crippen LogP contribution in [0.25, 0.3) is 0 Å². The molecule has 13 heavy (non-hydrogen) atoms. The standard InChI is InChI=1S/C6H11NO5.H2O/c1-4(8)7(2-5(9)10)3-6(11)12;/h4,8H,2-3H2,1H3,(H,9,10)(H,11,12);1H2. The number of hydrogen-bond donors (Lipinski definition) is 3. The van der Waals surface area contributed by atoms with Gasteiger partial charge in [0.2, 0.25) is 0 Å². The molecule has 0 aromatic rings. The largest absolute Gasteiger partial charge is 0.480 e. The summed E-state index contributed by atoms with van der Waals surface area (Å²) in [6.45, 7) is 0.347. The van der Waals surface area contributed by atoms with Gasteiger partial charge in [0, 0.05) is 0 Å². The minimum Gasteiger partial charge on any atom is -0.480 e. The molecule has 0 radical (unpaired) electrons. The first-order chi connectivity index (χ1) is 5.43. The lowest BCUT2D eigenvalue weighted by atomic mass is 10.4. The molecule has 1 atom stereocenters. The van der Waals surface area contributed by atoms with Crippen molar-refractivity contribution in [2.45, 2.75) is 13.2 Å². The van der Waals surface area contributed by atoms with Crippen LogP contribution in [0, 0.1) is 0 Å². The van der Waals surface area contributed by atoms with Gasteiger partial charge in [-0.3, -0.25) is 14.5 Å². The highest BCUT2D eigenvalue weighted by molar-refractivity contribution is 5.72. The van der Waals surface area contributed by atoms with Crippen LogP contribution >= 0.6 is 0 Å². The van der Waals surface area contributed by atoms with Crippen molar-refractivity contribution in [2.24, 2.45) is 0 Å². The summed E-state index contributed by atoms with van der Waals surface area (Å²) < 4.78 is 0. The minimum absolute atomic E-state index is 0. The first kappa shape index (κ1) is 14.3. The summed E-state index contributed by atoms with van der Waals surface area (Å²) in [6, 6.07) is 0. The van der Waals surface area contributed by atoms with Gasteiger partial charge in [-0.25, -0.2) is 0 Å². The Bertz CT molecular complexity index is 164. The van der Waals surface area contributed by atoms with E-state index in [0.29, 0.717) is 0 Å². The lowest BCUT2D eigenvalue weighted by Gasteiger charge is -2.20. The van der Waals surface area contributed by atoms with Crippen molar-refractivity contribution >= 4 is 11.9 Å². The summed E-state index contributed by atoms with van der Waals surface area (Å²) in [4.78, 5) is 21.2. The van der Waals surface area contributed by atoms with Gasteiger partial charge < -0.3 is 20.8 Å². The van der Waals surface area contributed by atoms with Crippen LogP contribution < -0.4 is 0 Å². The predicted octanol–water partition coefficient (Wildman–Crippen LogP) is -2.03. The van der Waals surface area contributed by atoms with Crippen molar-refractivity contribution in [3.63, 3.8) is 0 Å². The topological polar surface area (TPSA) is 130 Å². The normalized spacial score (nSPS) is 11.9. The molecule has 0 amide bonds. The highest BCUT2D eigenvalue weighted by Crippen LogP contribution is 1.94. The molecule has 1 unspecified atom stereocenters. The smallest absolute Gasteiger partial charge is 0.317 e. The van der Waals surface area contributed by atoms with Crippen LogP contribution in [0.5, 0.6) is 0 Å². The SMILES string of the molecule is CC(O)N(CC(=O)O)CC(=O)O.O. The maximum Gasteiger partial charge on any atom is 0.317 e. The van der Waals surface area contributed by atoms with Crippen LogP contribution in [-0.2, 0) is 9.59 Å². The van der Waals surface area contributed by atoms with Gasteiger partial charge in [0.15, 0.2) is 0 Å². The van der Waals surface area contributed by atoms with E-state index in [0.717, 1.165) is 4.90 Å². The zero-order valence-electron chi connectivity index (χ0n) is 7.10. The number of carboxylic acids is 2. The predicted molar refractivity (Wildman–Crippen MR) is 42.1 cm³/mol. The number of aliphatic hydroxyl groups excluding tert-OH is 1. The third-order valence-electron chi connectivity index (χ3n) is 1.21. The molecule has 0 bridgehead atoms. The number of aliphatic carboxylic acids is 2. The highest BCUT2D eigenvalue weighted by atomic mass is 16.4. The van der Waals surface area contributed by atoms with Crippen LogP contribution in [0.4, 0.5) is 0 Å². The third kappa shape index (κ3) is 7.19. The van der Waals surface area contributed by atoms with Crippen molar-refractivity contribution in [3.8, 4) is 0 Å². The Morgan fingerprint density at radius 2 is 1.54 bits per heavy atom. The second-order valence-corrected chi connectivity index (χ2v) is 2.32. The second kappa shape index (κ2) is 6.35. The fourth-order valence-corrected chi connectivity index (χ4v) is 0.668. The minimum atomic E-state index is -1.17. The monoisotopic (exact) mass is 195 g/mol. The number of carbonyl (C=O) groups is 2. The van der Waals surface area contributed by atoms with Gasteiger partial charge in [0.25, 0.3) is 0 Å². The number of nitrogens with zero attached hydrogens (tertiary/aromatic N) is 1. The Morgan fingerprint density at radius 3 is 1.69 bits per heavy atom. The van der Waals surface area contributed by atoms with Crippen LogP contribution in [-0.4, -0.2) is 57.0 Å². The molecular formula is C6H13NO6. The lowest BCUT2D eigenvalue weighted by molar-refractivity contribution is -0.146. The van der Waals surface area contributed by atoms with Gasteiger partial charge in [-0.05, 0) is 6.92 Å². The van der Waals surface area contributed by atoms with Gasteiger partial charge in [-0.2, -0.15) is 0 Å². The number of rotatable bonds is 5. The van der Waals surface area contributed by atoms with E-state index in [9.17, 15) is 9.59 Å². The number of aliphatic hydroxyl groups is 1. The van der Waals surface area contributed by atoms with E-state index in [4.69, 9.17) is 15.3 Å². The average molecular weight is 195 g/mol. The van der Waals surface area contributed by atoms with E-state index >= 15 is 0 Å². The van der Waals surface area contributed by atoms with E-state index < -0.39 is 31.3 Å². The Kier molecular flexibility index (Phi) is 7.01. The van der Waals surface area contributed by atoms with E-state index in [1.165, 1.54) is 6.92 Å². The molecule has 0 saturated carbocycles. The average Bonchev–Trinajstić information content (AvgIpc) is 1.83. The Morgan fingerprint density at radius 1 is 1.23 bits per heavy atom. The second-order valence-electron chi connectivity index (χ2n) is 2.32. The molecule has 78 valence electrons. The molecule has 0 heterocycles. The van der Waals surface area contributed by atoms with Crippen molar-refractivity contribution in [2.75, 3.05) is 13.1 Å². The quantitative estimate of drug-likeness (QED) is 0.434. The first-order valence-electron chi connectivity index (χ1n) is 3.29. The first-order valence-corrected chi connectivity index (χ1v) is 3.29. The zero-order chi connectivity index (χ0) is 9.72. The van der Waals surface area contributed by atoms with Gasteiger partial charge in [0.1, 0.15) is 6.23 Å². The maximum absolute atomic E-state index is 10.1. The molecule has 0 rings (SSSR count). The third-order valence-corrected chi connectivity index (χ3v) is 1.21. The van der Waals surface area contributed by atoms with Crippen LogP contribution in [0.2, 0.25) is 0 Å². The molecule has 0 spiro atoms. The summed E-state index contributed by atoms with van der Waals surface area (Å²) in [5.74, 6) is -2.34. The Hall–Kier alpha value is -1.18. The molecule has 0 aliphatic rings.